The van der Waals surface area contributed by atoms with Crippen LogP contribution >= 0.6 is 17.0 Å². The number of methoxy groups -OCH3 is 1. The summed E-state index contributed by atoms with van der Waals surface area (Å²) in [4.78, 5) is 10.9. The van der Waals surface area contributed by atoms with Gasteiger partial charge in [-0.15, -0.1) is 17.0 Å². The molecule has 2 N–H and O–H groups in total. The summed E-state index contributed by atoms with van der Waals surface area (Å²) in [7, 11) is 1.11. The Morgan fingerprint density at radius 1 is 1.41 bits per heavy atom. The first-order valence-corrected chi connectivity index (χ1v) is 4.74. The Morgan fingerprint density at radius 3 is 2.41 bits per heavy atom. The molecule has 0 aliphatic rings. The molecule has 0 amide bonds. The molecule has 0 heterocycles. The summed E-state index contributed by atoms with van der Waals surface area (Å²) in [6.45, 7) is 0. The second kappa shape index (κ2) is 6.66. The SMILES string of the molecule is Br.COC(=O)[C@@H](N)CC(F)(F)c1ccccc1. The number of esters is 1. The van der Waals surface area contributed by atoms with Crippen LogP contribution in [0.3, 0.4) is 0 Å². The van der Waals surface area contributed by atoms with E-state index in [9.17, 15) is 13.6 Å². The lowest BCUT2D eigenvalue weighted by atomic mass is 10.0. The van der Waals surface area contributed by atoms with Crippen LogP contribution < -0.4 is 5.73 Å². The number of ether oxygens (including phenoxy) is 1. The largest absolute Gasteiger partial charge is 0.468 e. The van der Waals surface area contributed by atoms with E-state index in [1.54, 1.807) is 6.07 Å². The Hall–Kier alpha value is -1.01. The van der Waals surface area contributed by atoms with Gasteiger partial charge in [-0.25, -0.2) is 8.78 Å². The van der Waals surface area contributed by atoms with E-state index in [0.29, 0.717) is 0 Å². The van der Waals surface area contributed by atoms with Crippen LogP contribution in [0.2, 0.25) is 0 Å². The lowest BCUT2D eigenvalue weighted by Crippen LogP contribution is -2.36. The van der Waals surface area contributed by atoms with Crippen LogP contribution in [0, 0.1) is 0 Å². The van der Waals surface area contributed by atoms with Crippen molar-refractivity contribution in [3.63, 3.8) is 0 Å². The predicted molar refractivity (Wildman–Crippen MR) is 65.3 cm³/mol. The van der Waals surface area contributed by atoms with E-state index in [2.05, 4.69) is 4.74 Å². The normalized spacial score (nSPS) is 12.5. The van der Waals surface area contributed by atoms with Gasteiger partial charge in [0, 0.05) is 12.0 Å². The molecule has 96 valence electrons. The maximum absolute atomic E-state index is 13.6. The predicted octanol–water partition coefficient (Wildman–Crippen LogP) is 2.25. The standard InChI is InChI=1S/C11H13F2NO2.BrH/c1-16-10(15)9(14)7-11(12,13)8-5-3-2-4-6-8;/h2-6,9H,7,14H2,1H3;1H/t9-;/m0./s1. The quantitative estimate of drug-likeness (QED) is 0.868. The van der Waals surface area contributed by atoms with Crippen molar-refractivity contribution in [2.75, 3.05) is 7.11 Å². The number of rotatable bonds is 4. The van der Waals surface area contributed by atoms with Gasteiger partial charge < -0.3 is 10.5 Å². The van der Waals surface area contributed by atoms with Crippen molar-refractivity contribution in [2.45, 2.75) is 18.4 Å². The number of carbonyl (C=O) groups excluding carboxylic acids is 1. The Morgan fingerprint density at radius 2 is 1.94 bits per heavy atom. The van der Waals surface area contributed by atoms with E-state index < -0.39 is 24.4 Å². The minimum Gasteiger partial charge on any atom is -0.468 e. The Balaban J connectivity index is 0.00000256. The van der Waals surface area contributed by atoms with Crippen LogP contribution in [0.15, 0.2) is 30.3 Å². The average molecular weight is 310 g/mol. The van der Waals surface area contributed by atoms with Crippen molar-refractivity contribution in [3.8, 4) is 0 Å². The number of hydrogen-bond donors (Lipinski definition) is 1. The highest BCUT2D eigenvalue weighted by Crippen LogP contribution is 2.32. The smallest absolute Gasteiger partial charge is 0.322 e. The van der Waals surface area contributed by atoms with Gasteiger partial charge in [-0.2, -0.15) is 0 Å². The van der Waals surface area contributed by atoms with Crippen molar-refractivity contribution in [1.82, 2.24) is 0 Å². The van der Waals surface area contributed by atoms with Crippen molar-refractivity contribution in [3.05, 3.63) is 35.9 Å². The van der Waals surface area contributed by atoms with Crippen LogP contribution in [0.1, 0.15) is 12.0 Å². The molecule has 0 spiro atoms. The monoisotopic (exact) mass is 309 g/mol. The fourth-order valence-corrected chi connectivity index (χ4v) is 1.31. The van der Waals surface area contributed by atoms with Gasteiger partial charge in [0.05, 0.1) is 7.11 Å². The minimum atomic E-state index is -3.13. The Labute approximate surface area is 109 Å². The van der Waals surface area contributed by atoms with Gasteiger partial charge in [-0.1, -0.05) is 30.3 Å². The zero-order valence-electron chi connectivity index (χ0n) is 9.23. The van der Waals surface area contributed by atoms with Crippen LogP contribution in [0.25, 0.3) is 0 Å². The molecule has 3 nitrogen and oxygen atoms in total. The topological polar surface area (TPSA) is 52.3 Å². The molecule has 0 saturated heterocycles. The van der Waals surface area contributed by atoms with Gasteiger partial charge >= 0.3 is 5.97 Å². The van der Waals surface area contributed by atoms with Crippen molar-refractivity contribution < 1.29 is 18.3 Å². The zero-order chi connectivity index (χ0) is 12.2. The van der Waals surface area contributed by atoms with E-state index in [-0.39, 0.29) is 22.5 Å². The summed E-state index contributed by atoms with van der Waals surface area (Å²) in [5.74, 6) is -3.97. The molecule has 1 atom stereocenters. The zero-order valence-corrected chi connectivity index (χ0v) is 10.9. The summed E-state index contributed by atoms with van der Waals surface area (Å²) in [6.07, 6.45) is -0.760. The summed E-state index contributed by atoms with van der Waals surface area (Å²) in [5, 5.41) is 0. The number of hydrogen-bond acceptors (Lipinski definition) is 3. The summed E-state index contributed by atoms with van der Waals surface area (Å²) in [5.41, 5.74) is 5.14. The minimum absolute atomic E-state index is 0. The summed E-state index contributed by atoms with van der Waals surface area (Å²) in [6, 6.07) is 5.92. The fourth-order valence-electron chi connectivity index (χ4n) is 1.31. The lowest BCUT2D eigenvalue weighted by molar-refractivity contribution is -0.145. The molecule has 1 rings (SSSR count). The molecule has 0 aliphatic heterocycles. The van der Waals surface area contributed by atoms with Gasteiger partial charge in [0.1, 0.15) is 6.04 Å². The van der Waals surface area contributed by atoms with E-state index in [4.69, 9.17) is 5.73 Å². The van der Waals surface area contributed by atoms with E-state index in [1.165, 1.54) is 24.3 Å². The number of nitrogens with two attached hydrogens (primary N) is 1. The average Bonchev–Trinajstić information content (AvgIpc) is 2.28. The molecule has 1 aromatic carbocycles. The van der Waals surface area contributed by atoms with Gasteiger partial charge in [-0.3, -0.25) is 4.79 Å². The van der Waals surface area contributed by atoms with Crippen LogP contribution in [-0.2, 0) is 15.5 Å². The highest BCUT2D eigenvalue weighted by Gasteiger charge is 2.36. The maximum atomic E-state index is 13.6. The highest BCUT2D eigenvalue weighted by molar-refractivity contribution is 8.93. The highest BCUT2D eigenvalue weighted by atomic mass is 79.9. The first-order chi connectivity index (χ1) is 7.47. The molecular formula is C11H14BrF2NO2. The van der Waals surface area contributed by atoms with Crippen molar-refractivity contribution in [2.24, 2.45) is 5.73 Å². The number of halogens is 3. The van der Waals surface area contributed by atoms with Gasteiger partial charge in [-0.05, 0) is 0 Å². The third kappa shape index (κ3) is 4.40. The molecule has 0 aromatic heterocycles. The van der Waals surface area contributed by atoms with E-state index in [0.717, 1.165) is 7.11 Å². The first kappa shape index (κ1) is 16.0. The van der Waals surface area contributed by atoms with Gasteiger partial charge in [0.15, 0.2) is 0 Å². The second-order valence-corrected chi connectivity index (χ2v) is 3.40. The van der Waals surface area contributed by atoms with Gasteiger partial charge in [0.2, 0.25) is 0 Å². The second-order valence-electron chi connectivity index (χ2n) is 3.40. The molecule has 0 radical (unpaired) electrons. The van der Waals surface area contributed by atoms with Crippen molar-refractivity contribution in [1.29, 1.82) is 0 Å². The molecule has 6 heteroatoms. The molecule has 0 aliphatic carbocycles. The molecule has 17 heavy (non-hydrogen) atoms. The van der Waals surface area contributed by atoms with Crippen LogP contribution in [-0.4, -0.2) is 19.1 Å². The Kier molecular flexibility index (Phi) is 6.26. The number of alkyl halides is 2. The molecule has 0 bridgehead atoms. The third-order valence-corrected chi connectivity index (χ3v) is 2.18. The van der Waals surface area contributed by atoms with Crippen molar-refractivity contribution >= 4 is 23.0 Å². The van der Waals surface area contributed by atoms with E-state index >= 15 is 0 Å². The molecule has 0 unspecified atom stereocenters. The van der Waals surface area contributed by atoms with Crippen LogP contribution in [0.4, 0.5) is 8.78 Å². The first-order valence-electron chi connectivity index (χ1n) is 4.74. The summed E-state index contributed by atoms with van der Waals surface area (Å²) >= 11 is 0. The Bertz CT molecular complexity index is 360. The molecule has 0 fully saturated rings. The summed E-state index contributed by atoms with van der Waals surface area (Å²) < 4.78 is 31.5. The van der Waals surface area contributed by atoms with Gasteiger partial charge in [0.25, 0.3) is 5.92 Å². The maximum Gasteiger partial charge on any atom is 0.322 e. The number of benzene rings is 1. The molecule has 0 saturated carbocycles. The number of carbonyl (C=O) groups is 1. The molecule has 1 aromatic rings. The fraction of sp³-hybridized carbons (Fsp3) is 0.364. The lowest BCUT2D eigenvalue weighted by Gasteiger charge is -2.19. The third-order valence-electron chi connectivity index (χ3n) is 2.18. The van der Waals surface area contributed by atoms with E-state index in [1.807, 2.05) is 0 Å². The van der Waals surface area contributed by atoms with Crippen LogP contribution in [0.5, 0.6) is 0 Å². The molecular weight excluding hydrogens is 296 g/mol.